The van der Waals surface area contributed by atoms with E-state index in [1.165, 1.54) is 12.0 Å². The van der Waals surface area contributed by atoms with Gasteiger partial charge in [0.05, 0.1) is 0 Å². The van der Waals surface area contributed by atoms with Crippen molar-refractivity contribution in [3.63, 3.8) is 0 Å². The van der Waals surface area contributed by atoms with Gasteiger partial charge in [0.25, 0.3) is 0 Å². The second-order valence-electron chi connectivity index (χ2n) is 3.78. The van der Waals surface area contributed by atoms with Gasteiger partial charge >= 0.3 is 0 Å². The summed E-state index contributed by atoms with van der Waals surface area (Å²) in [5.41, 5.74) is 7.12. The Balaban J connectivity index is 3.75. The number of rotatable bonds is 5. The van der Waals surface area contributed by atoms with Gasteiger partial charge in [-0.1, -0.05) is 31.6 Å². The molecule has 0 radical (unpaired) electrons. The van der Waals surface area contributed by atoms with Crippen LogP contribution in [0.2, 0.25) is 0 Å². The van der Waals surface area contributed by atoms with Gasteiger partial charge in [-0.15, -0.1) is 6.58 Å². The topological polar surface area (TPSA) is 26.0 Å². The lowest BCUT2D eigenvalue weighted by Gasteiger charge is -2.06. The van der Waals surface area contributed by atoms with Crippen molar-refractivity contribution in [3.8, 4) is 0 Å². The fraction of sp³-hybridized carbons (Fsp3) is 0.636. The molecule has 0 fully saturated rings. The molecule has 0 aromatic carbocycles. The first-order valence-corrected chi connectivity index (χ1v) is 4.60. The summed E-state index contributed by atoms with van der Waals surface area (Å²) in [5.74, 6) is 0.737. The molecule has 0 spiro atoms. The minimum absolute atomic E-state index is 0.118. The smallest absolute Gasteiger partial charge is 0.0256 e. The highest BCUT2D eigenvalue weighted by atomic mass is 14.6. The van der Waals surface area contributed by atoms with Gasteiger partial charge in [-0.25, -0.2) is 0 Å². The highest BCUT2D eigenvalue weighted by molar-refractivity contribution is 5.02. The highest BCUT2D eigenvalue weighted by Gasteiger charge is 1.97. The van der Waals surface area contributed by atoms with Crippen LogP contribution in [0.4, 0.5) is 0 Å². The van der Waals surface area contributed by atoms with E-state index < -0.39 is 0 Å². The SMILES string of the molecule is C=CC(N)C/C=C(\C)CC(C)C. The van der Waals surface area contributed by atoms with Gasteiger partial charge in [0.15, 0.2) is 0 Å². The summed E-state index contributed by atoms with van der Waals surface area (Å²) < 4.78 is 0. The maximum Gasteiger partial charge on any atom is 0.0256 e. The Hall–Kier alpha value is -0.560. The summed E-state index contributed by atoms with van der Waals surface area (Å²) in [6.45, 7) is 10.3. The van der Waals surface area contributed by atoms with Gasteiger partial charge in [-0.05, 0) is 25.7 Å². The standard InChI is InChI=1S/C11H21N/c1-5-11(12)7-6-10(4)8-9(2)3/h5-6,9,11H,1,7-8,12H2,2-4H3/b10-6+. The average molecular weight is 167 g/mol. The van der Waals surface area contributed by atoms with Crippen LogP contribution in [0.15, 0.2) is 24.3 Å². The van der Waals surface area contributed by atoms with Gasteiger partial charge in [0.1, 0.15) is 0 Å². The van der Waals surface area contributed by atoms with E-state index in [4.69, 9.17) is 5.73 Å². The molecular formula is C11H21N. The van der Waals surface area contributed by atoms with Gasteiger partial charge in [-0.2, -0.15) is 0 Å². The highest BCUT2D eigenvalue weighted by Crippen LogP contribution is 2.10. The first-order valence-electron chi connectivity index (χ1n) is 4.60. The zero-order valence-corrected chi connectivity index (χ0v) is 8.51. The van der Waals surface area contributed by atoms with Gasteiger partial charge in [0, 0.05) is 6.04 Å². The monoisotopic (exact) mass is 167 g/mol. The average Bonchev–Trinajstić information content (AvgIpc) is 1.99. The van der Waals surface area contributed by atoms with Crippen LogP contribution in [0.3, 0.4) is 0 Å². The van der Waals surface area contributed by atoms with E-state index in [9.17, 15) is 0 Å². The Kier molecular flexibility index (Phi) is 5.73. The molecule has 1 heteroatoms. The summed E-state index contributed by atoms with van der Waals surface area (Å²) in [7, 11) is 0. The van der Waals surface area contributed by atoms with Crippen LogP contribution in [0, 0.1) is 5.92 Å². The van der Waals surface area contributed by atoms with E-state index in [0.717, 1.165) is 12.3 Å². The molecule has 1 nitrogen and oxygen atoms in total. The molecule has 0 aromatic rings. The van der Waals surface area contributed by atoms with Crippen LogP contribution in [0.1, 0.15) is 33.6 Å². The van der Waals surface area contributed by atoms with Crippen LogP contribution in [0.5, 0.6) is 0 Å². The van der Waals surface area contributed by atoms with Crippen LogP contribution < -0.4 is 5.73 Å². The largest absolute Gasteiger partial charge is 0.324 e. The fourth-order valence-corrected chi connectivity index (χ4v) is 1.16. The first kappa shape index (κ1) is 11.4. The third-order valence-electron chi connectivity index (χ3n) is 1.77. The third-order valence-corrected chi connectivity index (χ3v) is 1.77. The number of hydrogen-bond acceptors (Lipinski definition) is 1. The number of nitrogens with two attached hydrogens (primary N) is 1. The zero-order valence-electron chi connectivity index (χ0n) is 8.51. The first-order chi connectivity index (χ1) is 5.56. The van der Waals surface area contributed by atoms with Crippen molar-refractivity contribution in [1.29, 1.82) is 0 Å². The Labute approximate surface area is 76.3 Å². The van der Waals surface area contributed by atoms with Crippen molar-refractivity contribution in [1.82, 2.24) is 0 Å². The van der Waals surface area contributed by atoms with Gasteiger partial charge < -0.3 is 5.73 Å². The van der Waals surface area contributed by atoms with Crippen molar-refractivity contribution in [3.05, 3.63) is 24.3 Å². The summed E-state index contributed by atoms with van der Waals surface area (Å²) in [6.07, 6.45) is 6.09. The minimum atomic E-state index is 0.118. The summed E-state index contributed by atoms with van der Waals surface area (Å²) >= 11 is 0. The zero-order chi connectivity index (χ0) is 9.56. The van der Waals surface area contributed by atoms with E-state index >= 15 is 0 Å². The lowest BCUT2D eigenvalue weighted by Crippen LogP contribution is -2.14. The molecular weight excluding hydrogens is 146 g/mol. The van der Waals surface area contributed by atoms with E-state index in [2.05, 4.69) is 33.4 Å². The van der Waals surface area contributed by atoms with Crippen molar-refractivity contribution >= 4 is 0 Å². The Bertz CT molecular complexity index is 156. The maximum absolute atomic E-state index is 5.69. The van der Waals surface area contributed by atoms with E-state index in [-0.39, 0.29) is 6.04 Å². The van der Waals surface area contributed by atoms with Crippen LogP contribution in [-0.2, 0) is 0 Å². The van der Waals surface area contributed by atoms with Crippen molar-refractivity contribution in [2.24, 2.45) is 11.7 Å². The fourth-order valence-electron chi connectivity index (χ4n) is 1.16. The quantitative estimate of drug-likeness (QED) is 0.626. The molecule has 1 unspecified atom stereocenters. The second-order valence-corrected chi connectivity index (χ2v) is 3.78. The molecule has 0 aliphatic rings. The summed E-state index contributed by atoms with van der Waals surface area (Å²) in [5, 5.41) is 0. The van der Waals surface area contributed by atoms with E-state index in [0.29, 0.717) is 0 Å². The van der Waals surface area contributed by atoms with Crippen molar-refractivity contribution in [2.75, 3.05) is 0 Å². The third kappa shape index (κ3) is 6.17. The molecule has 0 saturated carbocycles. The minimum Gasteiger partial charge on any atom is -0.324 e. The van der Waals surface area contributed by atoms with Gasteiger partial charge in [-0.3, -0.25) is 0 Å². The molecule has 0 aliphatic heterocycles. The molecule has 0 aromatic heterocycles. The second kappa shape index (κ2) is 6.01. The molecule has 0 amide bonds. The molecule has 2 N–H and O–H groups in total. The van der Waals surface area contributed by atoms with Crippen LogP contribution in [0.25, 0.3) is 0 Å². The van der Waals surface area contributed by atoms with Gasteiger partial charge in [0.2, 0.25) is 0 Å². The van der Waals surface area contributed by atoms with E-state index in [1.54, 1.807) is 6.08 Å². The molecule has 0 saturated heterocycles. The Morgan fingerprint density at radius 2 is 2.08 bits per heavy atom. The molecule has 0 bridgehead atoms. The maximum atomic E-state index is 5.69. The normalized spacial score (nSPS) is 14.9. The lowest BCUT2D eigenvalue weighted by molar-refractivity contribution is 0.638. The number of hydrogen-bond donors (Lipinski definition) is 1. The molecule has 1 atom stereocenters. The van der Waals surface area contributed by atoms with Crippen molar-refractivity contribution in [2.45, 2.75) is 39.7 Å². The molecule has 70 valence electrons. The molecule has 0 heterocycles. The van der Waals surface area contributed by atoms with Crippen LogP contribution in [-0.4, -0.2) is 6.04 Å². The van der Waals surface area contributed by atoms with Crippen LogP contribution >= 0.6 is 0 Å². The molecule has 0 aliphatic carbocycles. The Morgan fingerprint density at radius 1 is 1.50 bits per heavy atom. The predicted octanol–water partition coefficient (Wildman–Crippen LogP) is 2.88. The predicted molar refractivity (Wildman–Crippen MR) is 56.0 cm³/mol. The lowest BCUT2D eigenvalue weighted by atomic mass is 10.0. The molecule has 12 heavy (non-hydrogen) atoms. The summed E-state index contributed by atoms with van der Waals surface area (Å²) in [4.78, 5) is 0. The van der Waals surface area contributed by atoms with Crippen molar-refractivity contribution < 1.29 is 0 Å². The Morgan fingerprint density at radius 3 is 2.50 bits per heavy atom. The molecule has 0 rings (SSSR count). The van der Waals surface area contributed by atoms with E-state index in [1.807, 2.05) is 0 Å². The summed E-state index contributed by atoms with van der Waals surface area (Å²) in [6, 6.07) is 0.118. The number of allylic oxidation sites excluding steroid dienone is 1.